The molecule has 11 rings (SSSR count). The average Bonchev–Trinajstić information content (AvgIpc) is 3.79. The van der Waals surface area contributed by atoms with E-state index in [1.54, 1.807) is 8.96 Å². The minimum atomic E-state index is -1.54. The normalized spacial score (nSPS) is 12.9. The van der Waals surface area contributed by atoms with Gasteiger partial charge in [0, 0.05) is 49.1 Å². The molecule has 0 saturated heterocycles. The number of benzene rings is 6. The lowest BCUT2D eigenvalue weighted by molar-refractivity contribution is -0.535. The molecule has 218 valence electrons. The van der Waals surface area contributed by atoms with E-state index in [9.17, 15) is 0 Å². The van der Waals surface area contributed by atoms with E-state index >= 15 is 4.32 Å². The van der Waals surface area contributed by atoms with Gasteiger partial charge in [-0.2, -0.15) is 0 Å². The highest BCUT2D eigenvalue weighted by Crippen LogP contribution is 2.42. The Morgan fingerprint density at radius 1 is 0.596 bits per heavy atom. The van der Waals surface area contributed by atoms with Crippen LogP contribution in [-0.4, -0.2) is 11.7 Å². The molecule has 0 radical (unpaired) electrons. The van der Waals surface area contributed by atoms with Crippen LogP contribution in [0.2, 0.25) is 0 Å². The molecular formula is C40H22BFN3O2+. The molecule has 7 heteroatoms. The topological polar surface area (TPSA) is 47.5 Å². The van der Waals surface area contributed by atoms with E-state index in [2.05, 4.69) is 42.5 Å². The fourth-order valence-corrected chi connectivity index (χ4v) is 7.67. The standard InChI is InChI=1S/C40H22BFN3O2/c42-41-44-22-24(25-13-7-14-28-26-11-1-3-19-34(26)46-37(25)28)21-32(30-16-8-15-29-27-12-2-4-20-35(27)47-38(29)30)39(44)43-40-31-17-5-9-23-10-6-18-33(36(23)31)45(40)41/h1-22H/q+1. The number of fused-ring (bicyclic) bond motifs is 10. The molecule has 10 aromatic rings. The van der Waals surface area contributed by atoms with E-state index in [1.165, 1.54) is 0 Å². The van der Waals surface area contributed by atoms with Crippen molar-refractivity contribution < 1.29 is 17.6 Å². The van der Waals surface area contributed by atoms with Crippen LogP contribution in [0.3, 0.4) is 0 Å². The highest BCUT2D eigenvalue weighted by Gasteiger charge is 2.42. The summed E-state index contributed by atoms with van der Waals surface area (Å²) in [4.78, 5) is 5.27. The van der Waals surface area contributed by atoms with Gasteiger partial charge >= 0.3 is 13.1 Å². The molecule has 0 unspecified atom stereocenters. The fraction of sp³-hybridized carbons (Fsp3) is 0. The summed E-state index contributed by atoms with van der Waals surface area (Å²) in [6.45, 7) is 0. The van der Waals surface area contributed by atoms with Gasteiger partial charge in [0.1, 0.15) is 22.3 Å². The molecule has 0 spiro atoms. The number of hydrogen-bond donors (Lipinski definition) is 0. The van der Waals surface area contributed by atoms with Crippen LogP contribution < -0.4 is 9.97 Å². The summed E-state index contributed by atoms with van der Waals surface area (Å²) >= 11 is 0. The SMILES string of the molecule is FB1n2c(c3cccc4cccc2c43)=Nc2c(-c3cccc4c3oc3ccccc34)cc(-c3cccc4c3oc3ccccc34)c[n+]21. The summed E-state index contributed by atoms with van der Waals surface area (Å²) in [5.74, 6) is 0.530. The third-order valence-corrected chi connectivity index (χ3v) is 9.74. The zero-order chi connectivity index (χ0) is 30.8. The number of aromatic nitrogens is 2. The Morgan fingerprint density at radius 2 is 1.19 bits per heavy atom. The number of para-hydroxylation sites is 4. The summed E-state index contributed by atoms with van der Waals surface area (Å²) in [5.41, 5.74) is 7.85. The van der Waals surface area contributed by atoms with Gasteiger partial charge in [0.15, 0.2) is 0 Å². The first-order chi connectivity index (χ1) is 23.2. The second-order valence-corrected chi connectivity index (χ2v) is 12.2. The Hall–Kier alpha value is -6.21. The van der Waals surface area contributed by atoms with E-state index in [4.69, 9.17) is 13.8 Å². The summed E-state index contributed by atoms with van der Waals surface area (Å²) < 4.78 is 33.7. The Labute approximate surface area is 266 Å². The summed E-state index contributed by atoms with van der Waals surface area (Å²) in [5, 5.41) is 7.09. The third-order valence-electron chi connectivity index (χ3n) is 9.74. The van der Waals surface area contributed by atoms with Crippen LogP contribution in [0.15, 0.2) is 147 Å². The highest BCUT2D eigenvalue weighted by atomic mass is 19.1. The van der Waals surface area contributed by atoms with Gasteiger partial charge in [-0.3, -0.25) is 8.79 Å². The molecule has 5 heterocycles. The zero-order valence-electron chi connectivity index (χ0n) is 24.8. The van der Waals surface area contributed by atoms with Gasteiger partial charge in [0.25, 0.3) is 0 Å². The number of furan rings is 2. The van der Waals surface area contributed by atoms with Crippen LogP contribution in [0, 0.1) is 0 Å². The second-order valence-electron chi connectivity index (χ2n) is 12.2. The molecule has 0 bridgehead atoms. The lowest BCUT2D eigenvalue weighted by atomic mass is 9.93. The minimum Gasteiger partial charge on any atom is -0.455 e. The van der Waals surface area contributed by atoms with Crippen molar-refractivity contribution in [1.29, 1.82) is 0 Å². The van der Waals surface area contributed by atoms with Crippen molar-refractivity contribution in [2.45, 2.75) is 0 Å². The van der Waals surface area contributed by atoms with E-state index < -0.39 is 7.26 Å². The predicted octanol–water partition coefficient (Wildman–Crippen LogP) is 9.55. The van der Waals surface area contributed by atoms with Gasteiger partial charge < -0.3 is 8.83 Å². The van der Waals surface area contributed by atoms with Gasteiger partial charge in [-0.15, -0.1) is 0 Å². The Bertz CT molecular complexity index is 3000. The van der Waals surface area contributed by atoms with Crippen molar-refractivity contribution in [2.75, 3.05) is 0 Å². The lowest BCUT2D eigenvalue weighted by Crippen LogP contribution is -2.58. The largest absolute Gasteiger partial charge is 0.727 e. The van der Waals surface area contributed by atoms with E-state index in [1.807, 2.05) is 91.1 Å². The van der Waals surface area contributed by atoms with Crippen LogP contribution in [0.4, 0.5) is 10.1 Å². The van der Waals surface area contributed by atoms with Crippen LogP contribution in [-0.2, 0) is 0 Å². The van der Waals surface area contributed by atoms with Crippen LogP contribution in [0.25, 0.3) is 87.8 Å². The maximum absolute atomic E-state index is 17.3. The van der Waals surface area contributed by atoms with Gasteiger partial charge in [-0.25, -0.2) is 4.48 Å². The van der Waals surface area contributed by atoms with Gasteiger partial charge in [-0.05, 0) is 40.7 Å². The fourth-order valence-electron chi connectivity index (χ4n) is 7.67. The Morgan fingerprint density at radius 3 is 1.94 bits per heavy atom. The van der Waals surface area contributed by atoms with Gasteiger partial charge in [-0.1, -0.05) is 97.1 Å². The predicted molar refractivity (Wildman–Crippen MR) is 186 cm³/mol. The number of rotatable bonds is 2. The molecule has 1 aliphatic rings. The third kappa shape index (κ3) is 3.27. The molecule has 47 heavy (non-hydrogen) atoms. The van der Waals surface area contributed by atoms with Crippen molar-refractivity contribution >= 4 is 78.6 Å². The number of hydrogen-bond acceptors (Lipinski definition) is 3. The number of pyridine rings is 1. The molecule has 0 aliphatic carbocycles. The maximum atomic E-state index is 17.3. The lowest BCUT2D eigenvalue weighted by Gasteiger charge is -2.15. The monoisotopic (exact) mass is 606 g/mol. The van der Waals surface area contributed by atoms with Crippen molar-refractivity contribution in [3.05, 3.63) is 139 Å². The molecule has 0 amide bonds. The number of halogens is 1. The maximum Gasteiger partial charge on any atom is 0.727 e. The van der Waals surface area contributed by atoms with Gasteiger partial charge in [0.05, 0.1) is 17.1 Å². The van der Waals surface area contributed by atoms with Gasteiger partial charge in [0.2, 0.25) is 5.49 Å². The summed E-state index contributed by atoms with van der Waals surface area (Å²) in [6, 6.07) is 42.6. The quantitative estimate of drug-likeness (QED) is 0.184. The van der Waals surface area contributed by atoms with Crippen molar-refractivity contribution in [3.63, 3.8) is 0 Å². The summed E-state index contributed by atoms with van der Waals surface area (Å²) in [7, 11) is -1.54. The average molecular weight is 606 g/mol. The summed E-state index contributed by atoms with van der Waals surface area (Å²) in [6.07, 6.45) is 1.87. The molecule has 0 atom stereocenters. The van der Waals surface area contributed by atoms with E-state index in [0.717, 1.165) is 87.8 Å². The number of nitrogens with zero attached hydrogens (tertiary/aromatic N) is 3. The first-order valence-electron chi connectivity index (χ1n) is 15.7. The highest BCUT2D eigenvalue weighted by molar-refractivity contribution is 6.42. The molecule has 0 N–H and O–H groups in total. The molecular weight excluding hydrogens is 584 g/mol. The molecule has 1 aliphatic heterocycles. The van der Waals surface area contributed by atoms with Crippen LogP contribution >= 0.6 is 0 Å². The van der Waals surface area contributed by atoms with E-state index in [0.29, 0.717) is 11.3 Å². The molecule has 4 aromatic heterocycles. The molecule has 5 nitrogen and oxygen atoms in total. The minimum absolute atomic E-state index is 0.530. The van der Waals surface area contributed by atoms with Crippen molar-refractivity contribution in [1.82, 2.24) is 4.48 Å². The van der Waals surface area contributed by atoms with Crippen LogP contribution in [0.1, 0.15) is 0 Å². The smallest absolute Gasteiger partial charge is 0.455 e. The molecule has 6 aromatic carbocycles. The van der Waals surface area contributed by atoms with Crippen molar-refractivity contribution in [3.8, 4) is 22.3 Å². The first-order valence-corrected chi connectivity index (χ1v) is 15.7. The zero-order valence-corrected chi connectivity index (χ0v) is 24.8. The molecule has 0 fully saturated rings. The van der Waals surface area contributed by atoms with E-state index in [-0.39, 0.29) is 0 Å². The first kappa shape index (κ1) is 25.0. The second kappa shape index (κ2) is 8.95. The van der Waals surface area contributed by atoms with Crippen LogP contribution in [0.5, 0.6) is 0 Å². The Kier molecular flexibility index (Phi) is 4.77. The Balaban J connectivity index is 1.28. The van der Waals surface area contributed by atoms with Crippen molar-refractivity contribution in [2.24, 2.45) is 4.99 Å². The molecule has 0 saturated carbocycles.